The Balaban J connectivity index is 1.47. The molecule has 29 heavy (non-hydrogen) atoms. The molecule has 3 rings (SSSR count). The number of amides is 2. The first kappa shape index (κ1) is 20.7. The number of hydrogen-bond acceptors (Lipinski definition) is 4. The predicted molar refractivity (Wildman–Crippen MR) is 98.2 cm³/mol. The summed E-state index contributed by atoms with van der Waals surface area (Å²) < 4.78 is 50.7. The molecule has 1 unspecified atom stereocenters. The van der Waals surface area contributed by atoms with Gasteiger partial charge in [-0.25, -0.2) is 13.2 Å². The van der Waals surface area contributed by atoms with Gasteiger partial charge in [-0.05, 0) is 49.2 Å². The molecule has 0 bridgehead atoms. The molecule has 6 nitrogen and oxygen atoms in total. The van der Waals surface area contributed by atoms with Gasteiger partial charge in [-0.1, -0.05) is 0 Å². The van der Waals surface area contributed by atoms with Crippen LogP contribution in [0.3, 0.4) is 0 Å². The highest BCUT2D eigenvalue weighted by atomic mass is 19.2. The van der Waals surface area contributed by atoms with Crippen LogP contribution in [0.1, 0.15) is 23.2 Å². The monoisotopic (exact) mass is 408 g/mol. The molecular formula is C20H19F3N2O4. The molecule has 1 fully saturated rings. The SMILES string of the molecule is O=C(CNC(=O)c1ccc(OCC2CCCO2)cc1)Nc1ccc(F)c(F)c1F. The second-order valence-corrected chi connectivity index (χ2v) is 6.42. The van der Waals surface area contributed by atoms with Crippen LogP contribution >= 0.6 is 0 Å². The molecule has 1 aliphatic rings. The third kappa shape index (κ3) is 5.47. The summed E-state index contributed by atoms with van der Waals surface area (Å²) in [6, 6.07) is 7.90. The second kappa shape index (κ2) is 9.42. The molecule has 0 saturated carbocycles. The Hall–Kier alpha value is -3.07. The fraction of sp³-hybridized carbons (Fsp3) is 0.300. The van der Waals surface area contributed by atoms with Gasteiger partial charge in [0, 0.05) is 12.2 Å². The predicted octanol–water partition coefficient (Wildman–Crippen LogP) is 3.03. The van der Waals surface area contributed by atoms with Gasteiger partial charge in [0.25, 0.3) is 5.91 Å². The summed E-state index contributed by atoms with van der Waals surface area (Å²) in [6.45, 7) is 0.699. The summed E-state index contributed by atoms with van der Waals surface area (Å²) in [6.07, 6.45) is 2.05. The summed E-state index contributed by atoms with van der Waals surface area (Å²) in [5, 5.41) is 4.43. The Morgan fingerprint density at radius 2 is 1.83 bits per heavy atom. The van der Waals surface area contributed by atoms with Crippen LogP contribution in [-0.2, 0) is 9.53 Å². The van der Waals surface area contributed by atoms with Crippen LogP contribution in [0, 0.1) is 17.5 Å². The topological polar surface area (TPSA) is 76.7 Å². The smallest absolute Gasteiger partial charge is 0.251 e. The van der Waals surface area contributed by atoms with Crippen molar-refractivity contribution in [2.75, 3.05) is 25.1 Å². The maximum Gasteiger partial charge on any atom is 0.251 e. The van der Waals surface area contributed by atoms with Crippen LogP contribution < -0.4 is 15.4 Å². The van der Waals surface area contributed by atoms with E-state index >= 15 is 0 Å². The number of carbonyl (C=O) groups is 2. The first-order chi connectivity index (χ1) is 13.9. The third-order valence-corrected chi connectivity index (χ3v) is 4.30. The average molecular weight is 408 g/mol. The van der Waals surface area contributed by atoms with Gasteiger partial charge in [0.15, 0.2) is 17.5 Å². The van der Waals surface area contributed by atoms with E-state index in [2.05, 4.69) is 10.6 Å². The van der Waals surface area contributed by atoms with Crippen molar-refractivity contribution in [3.05, 3.63) is 59.4 Å². The maximum atomic E-state index is 13.5. The van der Waals surface area contributed by atoms with Crippen LogP contribution in [0.5, 0.6) is 5.75 Å². The van der Waals surface area contributed by atoms with E-state index < -0.39 is 41.5 Å². The highest BCUT2D eigenvalue weighted by Crippen LogP contribution is 2.19. The van der Waals surface area contributed by atoms with Gasteiger partial charge >= 0.3 is 0 Å². The van der Waals surface area contributed by atoms with Crippen molar-refractivity contribution in [1.29, 1.82) is 0 Å². The molecule has 0 spiro atoms. The van der Waals surface area contributed by atoms with E-state index in [1.54, 1.807) is 12.1 Å². The zero-order valence-corrected chi connectivity index (χ0v) is 15.3. The van der Waals surface area contributed by atoms with Gasteiger partial charge in [0.2, 0.25) is 5.91 Å². The molecule has 2 aromatic carbocycles. The second-order valence-electron chi connectivity index (χ2n) is 6.42. The molecule has 9 heteroatoms. The number of carbonyl (C=O) groups excluding carboxylic acids is 2. The normalized spacial score (nSPS) is 15.8. The minimum atomic E-state index is -1.69. The van der Waals surface area contributed by atoms with E-state index in [-0.39, 0.29) is 6.10 Å². The number of benzene rings is 2. The lowest BCUT2D eigenvalue weighted by molar-refractivity contribution is -0.115. The van der Waals surface area contributed by atoms with Crippen molar-refractivity contribution in [1.82, 2.24) is 5.32 Å². The fourth-order valence-corrected chi connectivity index (χ4v) is 2.75. The zero-order valence-electron chi connectivity index (χ0n) is 15.3. The van der Waals surface area contributed by atoms with E-state index in [1.807, 2.05) is 0 Å². The summed E-state index contributed by atoms with van der Waals surface area (Å²) in [7, 11) is 0. The Morgan fingerprint density at radius 3 is 2.52 bits per heavy atom. The summed E-state index contributed by atoms with van der Waals surface area (Å²) in [4.78, 5) is 23.9. The summed E-state index contributed by atoms with van der Waals surface area (Å²) in [5.41, 5.74) is -0.225. The summed E-state index contributed by atoms with van der Waals surface area (Å²) in [5.74, 6) is -5.30. The highest BCUT2D eigenvalue weighted by molar-refractivity contribution is 5.99. The van der Waals surface area contributed by atoms with Crippen LogP contribution in [-0.4, -0.2) is 37.7 Å². The number of hydrogen-bond donors (Lipinski definition) is 2. The van der Waals surface area contributed by atoms with Crippen molar-refractivity contribution in [2.24, 2.45) is 0 Å². The number of rotatable bonds is 7. The molecule has 2 amide bonds. The summed E-state index contributed by atoms with van der Waals surface area (Å²) >= 11 is 0. The molecule has 1 saturated heterocycles. The van der Waals surface area contributed by atoms with E-state index in [9.17, 15) is 22.8 Å². The lowest BCUT2D eigenvalue weighted by Gasteiger charge is -2.12. The number of halogens is 3. The van der Waals surface area contributed by atoms with Crippen molar-refractivity contribution in [2.45, 2.75) is 18.9 Å². The number of ether oxygens (including phenoxy) is 2. The number of nitrogens with one attached hydrogen (secondary N) is 2. The minimum absolute atomic E-state index is 0.0795. The van der Waals surface area contributed by atoms with Crippen LogP contribution in [0.25, 0.3) is 0 Å². The van der Waals surface area contributed by atoms with Crippen LogP contribution in [0.4, 0.5) is 18.9 Å². The Kier molecular flexibility index (Phi) is 6.71. The quantitative estimate of drug-likeness (QED) is 0.691. The van der Waals surface area contributed by atoms with Gasteiger partial charge in [-0.3, -0.25) is 9.59 Å². The first-order valence-electron chi connectivity index (χ1n) is 9.00. The zero-order chi connectivity index (χ0) is 20.8. The van der Waals surface area contributed by atoms with E-state index in [4.69, 9.17) is 9.47 Å². The van der Waals surface area contributed by atoms with Crippen LogP contribution in [0.15, 0.2) is 36.4 Å². The maximum absolute atomic E-state index is 13.5. The Labute approximate surface area is 165 Å². The Morgan fingerprint density at radius 1 is 1.07 bits per heavy atom. The van der Waals surface area contributed by atoms with Crippen LogP contribution in [0.2, 0.25) is 0 Å². The van der Waals surface area contributed by atoms with Gasteiger partial charge in [0.1, 0.15) is 12.4 Å². The lowest BCUT2D eigenvalue weighted by atomic mass is 10.2. The van der Waals surface area contributed by atoms with E-state index in [1.165, 1.54) is 12.1 Å². The molecule has 1 heterocycles. The average Bonchev–Trinajstić information content (AvgIpc) is 3.25. The minimum Gasteiger partial charge on any atom is -0.491 e. The molecule has 1 atom stereocenters. The lowest BCUT2D eigenvalue weighted by Crippen LogP contribution is -2.33. The van der Waals surface area contributed by atoms with Crippen molar-refractivity contribution < 1.29 is 32.2 Å². The molecule has 0 aliphatic carbocycles. The molecule has 0 radical (unpaired) electrons. The standard InChI is InChI=1S/C20H19F3N2O4/c21-15-7-8-16(19(23)18(15)22)25-17(26)10-24-20(27)12-3-5-13(6-4-12)29-11-14-2-1-9-28-14/h3-8,14H,1-2,9-11H2,(H,24,27)(H,25,26). The molecule has 2 N–H and O–H groups in total. The van der Waals surface area contributed by atoms with Gasteiger partial charge in [-0.2, -0.15) is 0 Å². The van der Waals surface area contributed by atoms with Gasteiger partial charge < -0.3 is 20.1 Å². The van der Waals surface area contributed by atoms with Crippen molar-refractivity contribution >= 4 is 17.5 Å². The number of anilines is 1. The van der Waals surface area contributed by atoms with E-state index in [0.29, 0.717) is 24.0 Å². The first-order valence-corrected chi connectivity index (χ1v) is 9.00. The molecule has 0 aromatic heterocycles. The van der Waals surface area contributed by atoms with E-state index in [0.717, 1.165) is 25.5 Å². The van der Waals surface area contributed by atoms with Gasteiger partial charge in [0.05, 0.1) is 18.3 Å². The van der Waals surface area contributed by atoms with Gasteiger partial charge in [-0.15, -0.1) is 0 Å². The fourth-order valence-electron chi connectivity index (χ4n) is 2.75. The molecule has 2 aromatic rings. The molecule has 154 valence electrons. The van der Waals surface area contributed by atoms with Crippen molar-refractivity contribution in [3.63, 3.8) is 0 Å². The third-order valence-electron chi connectivity index (χ3n) is 4.30. The molecule has 1 aliphatic heterocycles. The highest BCUT2D eigenvalue weighted by Gasteiger charge is 2.17. The Bertz CT molecular complexity index is 884. The molecular weight excluding hydrogens is 389 g/mol. The van der Waals surface area contributed by atoms with Crippen molar-refractivity contribution in [3.8, 4) is 5.75 Å². The largest absolute Gasteiger partial charge is 0.491 e.